The Morgan fingerprint density at radius 1 is 1.25 bits per heavy atom. The average Bonchev–Trinajstić information content (AvgIpc) is 3.08. The molecule has 1 saturated heterocycles. The third-order valence-electron chi connectivity index (χ3n) is 5.98. The van der Waals surface area contributed by atoms with E-state index in [4.69, 9.17) is 5.26 Å². The van der Waals surface area contributed by atoms with Crippen LogP contribution in [0.15, 0.2) is 36.5 Å². The van der Waals surface area contributed by atoms with E-state index in [1.54, 1.807) is 6.20 Å². The second-order valence-corrected chi connectivity index (χ2v) is 7.69. The molecule has 5 heteroatoms. The molecule has 4 rings (SSSR count). The van der Waals surface area contributed by atoms with Crippen LogP contribution in [0.5, 0.6) is 0 Å². The summed E-state index contributed by atoms with van der Waals surface area (Å²) < 4.78 is 0. The minimum Gasteiger partial charge on any atom is -0.354 e. The van der Waals surface area contributed by atoms with Gasteiger partial charge in [-0.2, -0.15) is 5.26 Å². The first kappa shape index (κ1) is 18.7. The van der Waals surface area contributed by atoms with Crippen LogP contribution in [-0.4, -0.2) is 48.1 Å². The summed E-state index contributed by atoms with van der Waals surface area (Å²) >= 11 is 0. The molecular formula is C23H27N5. The molecule has 0 atom stereocenters. The van der Waals surface area contributed by atoms with E-state index in [1.165, 1.54) is 42.4 Å². The van der Waals surface area contributed by atoms with Crippen molar-refractivity contribution in [2.75, 3.05) is 33.2 Å². The number of H-pyrrole nitrogens is 1. The number of nitriles is 1. The highest BCUT2D eigenvalue weighted by atomic mass is 15.1. The zero-order valence-electron chi connectivity index (χ0n) is 16.6. The number of nitrogens with zero attached hydrogens (tertiary/aromatic N) is 3. The van der Waals surface area contributed by atoms with Gasteiger partial charge in [0.15, 0.2) is 0 Å². The molecule has 0 amide bonds. The molecular weight excluding hydrogens is 346 g/mol. The summed E-state index contributed by atoms with van der Waals surface area (Å²) in [5, 5.41) is 13.7. The summed E-state index contributed by atoms with van der Waals surface area (Å²) in [6.07, 6.45) is 4.15. The van der Waals surface area contributed by atoms with Crippen LogP contribution in [0.25, 0.3) is 22.2 Å². The van der Waals surface area contributed by atoms with Crippen LogP contribution in [-0.2, 0) is 0 Å². The molecule has 0 spiro atoms. The minimum absolute atomic E-state index is 0.446. The van der Waals surface area contributed by atoms with E-state index in [0.717, 1.165) is 29.9 Å². The molecule has 0 bridgehead atoms. The number of likely N-dealkylation sites (N-methyl/N-ethyl adjacent to an activating group) is 1. The van der Waals surface area contributed by atoms with Crippen molar-refractivity contribution in [3.8, 4) is 17.3 Å². The lowest BCUT2D eigenvalue weighted by Gasteiger charge is -2.32. The van der Waals surface area contributed by atoms with Crippen LogP contribution in [0.3, 0.4) is 0 Å². The normalized spacial score (nSPS) is 15.8. The maximum atomic E-state index is 9.14. The van der Waals surface area contributed by atoms with Crippen LogP contribution in [0.1, 0.15) is 35.6 Å². The Morgan fingerprint density at radius 2 is 2.07 bits per heavy atom. The summed E-state index contributed by atoms with van der Waals surface area (Å²) in [7, 11) is 2.02. The van der Waals surface area contributed by atoms with Gasteiger partial charge >= 0.3 is 0 Å². The van der Waals surface area contributed by atoms with Crippen molar-refractivity contribution in [2.45, 2.75) is 25.7 Å². The number of fused-ring (bicyclic) bond motifs is 1. The number of benzene rings is 1. The highest BCUT2D eigenvalue weighted by molar-refractivity contribution is 5.91. The lowest BCUT2D eigenvalue weighted by atomic mass is 9.88. The number of aryl methyl sites for hydroxylation is 1. The fraction of sp³-hybridized carbons (Fsp3) is 0.391. The van der Waals surface area contributed by atoms with Crippen molar-refractivity contribution in [2.24, 2.45) is 0 Å². The number of hydrogen-bond donors (Lipinski definition) is 2. The van der Waals surface area contributed by atoms with Crippen LogP contribution in [0.2, 0.25) is 0 Å². The van der Waals surface area contributed by atoms with Gasteiger partial charge in [0.25, 0.3) is 0 Å². The third kappa shape index (κ3) is 3.66. The number of pyridine rings is 1. The molecule has 3 heterocycles. The summed E-state index contributed by atoms with van der Waals surface area (Å²) in [5.41, 5.74) is 6.37. The average molecular weight is 374 g/mol. The number of rotatable bonds is 5. The van der Waals surface area contributed by atoms with E-state index < -0.39 is 0 Å². The Labute approximate surface area is 166 Å². The van der Waals surface area contributed by atoms with E-state index >= 15 is 0 Å². The van der Waals surface area contributed by atoms with Crippen molar-refractivity contribution in [1.82, 2.24) is 20.2 Å². The highest BCUT2D eigenvalue weighted by Crippen LogP contribution is 2.34. The molecule has 2 aromatic heterocycles. The number of piperidine rings is 1. The van der Waals surface area contributed by atoms with Crippen molar-refractivity contribution >= 4 is 10.9 Å². The number of likely N-dealkylation sites (tertiary alicyclic amines) is 1. The van der Waals surface area contributed by atoms with Gasteiger partial charge in [-0.25, -0.2) is 4.98 Å². The van der Waals surface area contributed by atoms with Gasteiger partial charge in [0, 0.05) is 41.4 Å². The molecule has 1 aliphatic heterocycles. The molecule has 3 aromatic rings. The number of aromatic nitrogens is 2. The molecule has 2 N–H and O–H groups in total. The Morgan fingerprint density at radius 3 is 2.82 bits per heavy atom. The monoisotopic (exact) mass is 373 g/mol. The van der Waals surface area contributed by atoms with Gasteiger partial charge in [0.05, 0.1) is 0 Å². The molecule has 5 nitrogen and oxygen atoms in total. The Hall–Kier alpha value is -2.68. The quantitative estimate of drug-likeness (QED) is 0.714. The second kappa shape index (κ2) is 8.14. The van der Waals surface area contributed by atoms with Gasteiger partial charge in [0.2, 0.25) is 0 Å². The van der Waals surface area contributed by atoms with Crippen LogP contribution in [0.4, 0.5) is 0 Å². The topological polar surface area (TPSA) is 67.7 Å². The summed E-state index contributed by atoms with van der Waals surface area (Å²) in [6, 6.07) is 12.8. The van der Waals surface area contributed by atoms with E-state index in [1.807, 2.05) is 19.2 Å². The zero-order valence-corrected chi connectivity index (χ0v) is 16.6. The predicted molar refractivity (Wildman–Crippen MR) is 113 cm³/mol. The van der Waals surface area contributed by atoms with E-state index in [2.05, 4.69) is 51.4 Å². The standard InChI is InChI=1S/C23H27N5/c1-16-21-14-18(17-6-10-28(11-7-17)12-9-25-2)3-4-22(21)27-23(16)19-5-8-26-20(13-19)15-24/h3-5,8,13-14,17,25,27H,6-7,9-12H2,1-2H3. The maximum Gasteiger partial charge on any atom is 0.141 e. The highest BCUT2D eigenvalue weighted by Gasteiger charge is 2.21. The summed E-state index contributed by atoms with van der Waals surface area (Å²) in [5.74, 6) is 0.638. The Kier molecular flexibility index (Phi) is 5.43. The Bertz CT molecular complexity index is 1010. The molecule has 144 valence electrons. The van der Waals surface area contributed by atoms with Crippen molar-refractivity contribution in [3.05, 3.63) is 53.3 Å². The predicted octanol–water partition coefficient (Wildman–Crippen LogP) is 3.81. The molecule has 1 aliphatic rings. The van der Waals surface area contributed by atoms with E-state index in [9.17, 15) is 0 Å². The summed E-state index contributed by atoms with van der Waals surface area (Å²) in [4.78, 5) is 10.2. The SMILES string of the molecule is CNCCN1CCC(c2ccc3[nH]c(-c4ccnc(C#N)c4)c(C)c3c2)CC1. The molecule has 0 aliphatic carbocycles. The fourth-order valence-electron chi connectivity index (χ4n) is 4.29. The van der Waals surface area contributed by atoms with Gasteiger partial charge in [-0.15, -0.1) is 0 Å². The van der Waals surface area contributed by atoms with E-state index in [0.29, 0.717) is 11.6 Å². The van der Waals surface area contributed by atoms with Crippen LogP contribution < -0.4 is 5.32 Å². The first-order chi connectivity index (χ1) is 13.7. The van der Waals surface area contributed by atoms with Gasteiger partial charge in [-0.1, -0.05) is 6.07 Å². The fourth-order valence-corrected chi connectivity index (χ4v) is 4.29. The molecule has 1 aromatic carbocycles. The van der Waals surface area contributed by atoms with Crippen LogP contribution >= 0.6 is 0 Å². The first-order valence-corrected chi connectivity index (χ1v) is 10.1. The largest absolute Gasteiger partial charge is 0.354 e. The lowest BCUT2D eigenvalue weighted by Crippen LogP contribution is -2.37. The van der Waals surface area contributed by atoms with Crippen molar-refractivity contribution in [3.63, 3.8) is 0 Å². The van der Waals surface area contributed by atoms with Crippen LogP contribution in [0, 0.1) is 18.3 Å². The molecule has 28 heavy (non-hydrogen) atoms. The van der Waals surface area contributed by atoms with Gasteiger partial charge in [0.1, 0.15) is 11.8 Å². The van der Waals surface area contributed by atoms with Gasteiger partial charge in [-0.05, 0) is 81.2 Å². The molecule has 0 unspecified atom stereocenters. The lowest BCUT2D eigenvalue weighted by molar-refractivity contribution is 0.214. The summed E-state index contributed by atoms with van der Waals surface area (Å²) in [6.45, 7) is 6.71. The number of nitrogens with one attached hydrogen (secondary N) is 2. The first-order valence-electron chi connectivity index (χ1n) is 10.1. The Balaban J connectivity index is 1.58. The second-order valence-electron chi connectivity index (χ2n) is 7.69. The minimum atomic E-state index is 0.446. The molecule has 1 fully saturated rings. The van der Waals surface area contributed by atoms with Gasteiger partial charge < -0.3 is 15.2 Å². The smallest absolute Gasteiger partial charge is 0.141 e. The number of aromatic amines is 1. The number of hydrogen-bond acceptors (Lipinski definition) is 4. The van der Waals surface area contributed by atoms with Crippen molar-refractivity contribution < 1.29 is 0 Å². The molecule has 0 saturated carbocycles. The zero-order chi connectivity index (χ0) is 19.5. The van der Waals surface area contributed by atoms with Crippen molar-refractivity contribution in [1.29, 1.82) is 5.26 Å². The molecule has 0 radical (unpaired) electrons. The third-order valence-corrected chi connectivity index (χ3v) is 5.98. The maximum absolute atomic E-state index is 9.14. The van der Waals surface area contributed by atoms with Gasteiger partial charge in [-0.3, -0.25) is 0 Å². The van der Waals surface area contributed by atoms with E-state index in [-0.39, 0.29) is 0 Å².